The first-order valence-corrected chi connectivity index (χ1v) is 4.53. The molecular formula is C8H12ClN3. The Morgan fingerprint density at radius 3 is 3.00 bits per heavy atom. The lowest BCUT2D eigenvalue weighted by molar-refractivity contribution is 0.382. The molecular weight excluding hydrogens is 174 g/mol. The van der Waals surface area contributed by atoms with Gasteiger partial charge in [0.2, 0.25) is 0 Å². The summed E-state index contributed by atoms with van der Waals surface area (Å²) in [5.74, 6) is 0. The Balaban J connectivity index is 2.16. The van der Waals surface area contributed by atoms with E-state index in [2.05, 4.69) is 17.0 Å². The van der Waals surface area contributed by atoms with Crippen molar-refractivity contribution in [3.8, 4) is 0 Å². The topological polar surface area (TPSA) is 21.1 Å². The lowest BCUT2D eigenvalue weighted by Gasteiger charge is -2.11. The molecule has 1 fully saturated rings. The number of likely N-dealkylation sites (N-methyl/N-ethyl adjacent to an activating group) is 1. The van der Waals surface area contributed by atoms with Crippen LogP contribution in [-0.2, 0) is 0 Å². The maximum absolute atomic E-state index is 5.95. The lowest BCUT2D eigenvalue weighted by Crippen LogP contribution is -2.17. The van der Waals surface area contributed by atoms with Crippen molar-refractivity contribution < 1.29 is 0 Å². The summed E-state index contributed by atoms with van der Waals surface area (Å²) in [6.07, 6.45) is 2.90. The minimum atomic E-state index is 0.470. The molecule has 0 amide bonds. The quantitative estimate of drug-likeness (QED) is 0.660. The number of hydrogen-bond donors (Lipinski definition) is 0. The molecule has 1 aliphatic rings. The normalized spacial score (nSPS) is 25.0. The second kappa shape index (κ2) is 3.07. The lowest BCUT2D eigenvalue weighted by atomic mass is 10.3. The monoisotopic (exact) mass is 185 g/mol. The second-order valence-electron chi connectivity index (χ2n) is 3.30. The molecule has 12 heavy (non-hydrogen) atoms. The van der Waals surface area contributed by atoms with Crippen LogP contribution in [0.3, 0.4) is 0 Å². The molecule has 1 aromatic heterocycles. The molecule has 1 aromatic rings. The summed E-state index contributed by atoms with van der Waals surface area (Å²) in [5, 5.41) is 4.94. The molecule has 1 aliphatic heterocycles. The van der Waals surface area contributed by atoms with E-state index in [1.54, 1.807) is 6.20 Å². The molecule has 0 spiro atoms. The molecule has 2 heterocycles. The van der Waals surface area contributed by atoms with Crippen LogP contribution in [-0.4, -0.2) is 34.8 Å². The number of halogens is 1. The van der Waals surface area contributed by atoms with Crippen LogP contribution < -0.4 is 0 Å². The van der Waals surface area contributed by atoms with Crippen molar-refractivity contribution in [2.24, 2.45) is 0 Å². The van der Waals surface area contributed by atoms with Crippen molar-refractivity contribution >= 4 is 11.6 Å². The SMILES string of the molecule is CN1CCC(n2nccc2Cl)C1. The molecule has 0 aromatic carbocycles. The molecule has 66 valence electrons. The van der Waals surface area contributed by atoms with Gasteiger partial charge in [-0.05, 0) is 26.1 Å². The summed E-state index contributed by atoms with van der Waals surface area (Å²) < 4.78 is 1.91. The highest BCUT2D eigenvalue weighted by Gasteiger charge is 2.22. The zero-order chi connectivity index (χ0) is 8.55. The molecule has 1 atom stereocenters. The molecule has 0 aliphatic carbocycles. The smallest absolute Gasteiger partial charge is 0.127 e. The maximum Gasteiger partial charge on any atom is 0.127 e. The van der Waals surface area contributed by atoms with E-state index in [1.165, 1.54) is 0 Å². The van der Waals surface area contributed by atoms with Crippen molar-refractivity contribution in [3.05, 3.63) is 17.4 Å². The fraction of sp³-hybridized carbons (Fsp3) is 0.625. The third kappa shape index (κ3) is 1.34. The van der Waals surface area contributed by atoms with Gasteiger partial charge in [-0.2, -0.15) is 5.10 Å². The maximum atomic E-state index is 5.95. The largest absolute Gasteiger partial charge is 0.304 e. The fourth-order valence-corrected chi connectivity index (χ4v) is 1.92. The summed E-state index contributed by atoms with van der Waals surface area (Å²) in [7, 11) is 2.12. The molecule has 1 saturated heterocycles. The van der Waals surface area contributed by atoms with Crippen LogP contribution in [0, 0.1) is 0 Å². The summed E-state index contributed by atoms with van der Waals surface area (Å²) in [6, 6.07) is 2.30. The van der Waals surface area contributed by atoms with E-state index in [0.717, 1.165) is 24.7 Å². The van der Waals surface area contributed by atoms with Crippen molar-refractivity contribution in [2.75, 3.05) is 20.1 Å². The van der Waals surface area contributed by atoms with Crippen molar-refractivity contribution in [1.82, 2.24) is 14.7 Å². The molecule has 0 N–H and O–H groups in total. The average molecular weight is 186 g/mol. The summed E-state index contributed by atoms with van der Waals surface area (Å²) in [6.45, 7) is 2.20. The summed E-state index contributed by atoms with van der Waals surface area (Å²) >= 11 is 5.95. The number of rotatable bonds is 1. The molecule has 0 saturated carbocycles. The number of nitrogens with zero attached hydrogens (tertiary/aromatic N) is 3. The second-order valence-corrected chi connectivity index (χ2v) is 3.69. The van der Waals surface area contributed by atoms with Gasteiger partial charge in [0.15, 0.2) is 0 Å². The van der Waals surface area contributed by atoms with Crippen molar-refractivity contribution in [2.45, 2.75) is 12.5 Å². The van der Waals surface area contributed by atoms with Gasteiger partial charge in [-0.1, -0.05) is 11.6 Å². The standard InChI is InChI=1S/C8H12ClN3/c1-11-5-3-7(6-11)12-8(9)2-4-10-12/h2,4,7H,3,5-6H2,1H3. The van der Waals surface area contributed by atoms with Crippen LogP contribution >= 0.6 is 11.6 Å². The van der Waals surface area contributed by atoms with E-state index < -0.39 is 0 Å². The number of likely N-dealkylation sites (tertiary alicyclic amines) is 1. The van der Waals surface area contributed by atoms with Gasteiger partial charge < -0.3 is 4.90 Å². The van der Waals surface area contributed by atoms with E-state index in [9.17, 15) is 0 Å². The minimum Gasteiger partial charge on any atom is -0.304 e. The third-order valence-corrected chi connectivity index (χ3v) is 2.63. The van der Waals surface area contributed by atoms with Gasteiger partial charge in [-0.3, -0.25) is 0 Å². The van der Waals surface area contributed by atoms with Gasteiger partial charge in [-0.15, -0.1) is 0 Å². The first-order valence-electron chi connectivity index (χ1n) is 4.15. The van der Waals surface area contributed by atoms with Crippen LogP contribution in [0.15, 0.2) is 12.3 Å². The van der Waals surface area contributed by atoms with Gasteiger partial charge >= 0.3 is 0 Å². The highest BCUT2D eigenvalue weighted by atomic mass is 35.5. The van der Waals surface area contributed by atoms with E-state index in [0.29, 0.717) is 6.04 Å². The molecule has 1 unspecified atom stereocenters. The predicted molar refractivity (Wildman–Crippen MR) is 48.4 cm³/mol. The molecule has 0 bridgehead atoms. The van der Waals surface area contributed by atoms with Crippen LogP contribution in [0.4, 0.5) is 0 Å². The van der Waals surface area contributed by atoms with Crippen LogP contribution in [0.2, 0.25) is 5.15 Å². The zero-order valence-electron chi connectivity index (χ0n) is 7.07. The average Bonchev–Trinajstić information content (AvgIpc) is 2.58. The Hall–Kier alpha value is -0.540. The Morgan fingerprint density at radius 2 is 2.50 bits per heavy atom. The summed E-state index contributed by atoms with van der Waals surface area (Å²) in [5.41, 5.74) is 0. The van der Waals surface area contributed by atoms with Crippen molar-refractivity contribution in [3.63, 3.8) is 0 Å². The van der Waals surface area contributed by atoms with E-state index in [-0.39, 0.29) is 0 Å². The highest BCUT2D eigenvalue weighted by Crippen LogP contribution is 2.22. The summed E-state index contributed by atoms with van der Waals surface area (Å²) in [4.78, 5) is 2.29. The van der Waals surface area contributed by atoms with E-state index in [4.69, 9.17) is 11.6 Å². The number of aromatic nitrogens is 2. The van der Waals surface area contributed by atoms with Gasteiger partial charge in [0.1, 0.15) is 5.15 Å². The Kier molecular flexibility index (Phi) is 2.07. The van der Waals surface area contributed by atoms with E-state index >= 15 is 0 Å². The van der Waals surface area contributed by atoms with Gasteiger partial charge in [0, 0.05) is 6.54 Å². The van der Waals surface area contributed by atoms with Crippen LogP contribution in [0.1, 0.15) is 12.5 Å². The van der Waals surface area contributed by atoms with Crippen molar-refractivity contribution in [1.29, 1.82) is 0 Å². The first-order chi connectivity index (χ1) is 5.77. The number of hydrogen-bond acceptors (Lipinski definition) is 2. The van der Waals surface area contributed by atoms with Gasteiger partial charge in [0.05, 0.1) is 12.2 Å². The molecule has 3 nitrogen and oxygen atoms in total. The van der Waals surface area contributed by atoms with Gasteiger partial charge in [-0.25, -0.2) is 4.68 Å². The first kappa shape index (κ1) is 8.08. The predicted octanol–water partition coefficient (Wildman–Crippen LogP) is 1.41. The van der Waals surface area contributed by atoms with E-state index in [1.807, 2.05) is 10.7 Å². The Bertz CT molecular complexity index is 271. The fourth-order valence-electron chi connectivity index (χ4n) is 1.68. The van der Waals surface area contributed by atoms with Crippen LogP contribution in [0.5, 0.6) is 0 Å². The minimum absolute atomic E-state index is 0.470. The van der Waals surface area contributed by atoms with Crippen LogP contribution in [0.25, 0.3) is 0 Å². The van der Waals surface area contributed by atoms with Gasteiger partial charge in [0.25, 0.3) is 0 Å². The zero-order valence-corrected chi connectivity index (χ0v) is 7.83. The molecule has 0 radical (unpaired) electrons. The Labute approximate surface area is 76.9 Å². The third-order valence-electron chi connectivity index (χ3n) is 2.33. The molecule has 2 rings (SSSR count). The highest BCUT2D eigenvalue weighted by molar-refractivity contribution is 6.29. The Morgan fingerprint density at radius 1 is 1.67 bits per heavy atom. The molecule has 4 heteroatoms.